The molecule has 0 bridgehead atoms. The second-order valence-corrected chi connectivity index (χ2v) is 8.25. The van der Waals surface area contributed by atoms with Gasteiger partial charge < -0.3 is 14.6 Å². The fourth-order valence-electron chi connectivity index (χ4n) is 2.61. The van der Waals surface area contributed by atoms with Crippen molar-refractivity contribution < 1.29 is 19.4 Å². The molecular weight excluding hydrogens is 552 g/mol. The quantitative estimate of drug-likeness (QED) is 0.237. The average molecular weight is 569 g/mol. The number of nitrogens with zero attached hydrogens (tertiary/aromatic N) is 1. The molecule has 9 heteroatoms. The van der Waals surface area contributed by atoms with E-state index in [1.165, 1.54) is 12.1 Å². The Morgan fingerprint density at radius 2 is 1.87 bits per heavy atom. The number of ether oxygens (including phenoxy) is 2. The van der Waals surface area contributed by atoms with Crippen molar-refractivity contribution in [2.75, 3.05) is 12.5 Å². The van der Waals surface area contributed by atoms with Crippen molar-refractivity contribution >= 4 is 61.3 Å². The molecule has 0 aromatic heterocycles. The molecular formula is C22H17Br2ClN2O4. The first-order valence-electron chi connectivity index (χ1n) is 8.95. The highest BCUT2D eigenvalue weighted by Gasteiger charge is 2.17. The van der Waals surface area contributed by atoms with Gasteiger partial charge in [-0.1, -0.05) is 29.8 Å². The minimum Gasteiger partial charge on any atom is -0.493 e. The van der Waals surface area contributed by atoms with E-state index in [2.05, 4.69) is 42.4 Å². The number of hydrogen-bond donors (Lipinski definition) is 2. The van der Waals surface area contributed by atoms with Gasteiger partial charge in [0.1, 0.15) is 6.61 Å². The lowest BCUT2D eigenvalue weighted by atomic mass is 10.2. The summed E-state index contributed by atoms with van der Waals surface area (Å²) in [6, 6.07) is 15.5. The molecule has 0 amide bonds. The molecule has 3 aromatic carbocycles. The van der Waals surface area contributed by atoms with Crippen LogP contribution in [-0.4, -0.2) is 24.4 Å². The first-order chi connectivity index (χ1) is 14.9. The van der Waals surface area contributed by atoms with Gasteiger partial charge in [0.25, 0.3) is 0 Å². The minimum atomic E-state index is -0.979. The number of halogens is 3. The van der Waals surface area contributed by atoms with Crippen molar-refractivity contribution in [3.8, 4) is 11.5 Å². The molecule has 0 aliphatic heterocycles. The van der Waals surface area contributed by atoms with Crippen LogP contribution in [0.4, 0.5) is 5.69 Å². The Balaban J connectivity index is 1.77. The molecule has 3 rings (SSSR count). The highest BCUT2D eigenvalue weighted by molar-refractivity contribution is 9.13. The molecule has 6 nitrogen and oxygen atoms in total. The van der Waals surface area contributed by atoms with Crippen LogP contribution in [0.3, 0.4) is 0 Å². The van der Waals surface area contributed by atoms with Gasteiger partial charge in [0.15, 0.2) is 11.5 Å². The van der Waals surface area contributed by atoms with Crippen LogP contribution < -0.4 is 14.9 Å². The number of carboxylic acid groups (broad SMARTS) is 1. The molecule has 0 saturated carbocycles. The standard InChI is InChI=1S/C22H17Br2ClN2O4/c1-30-18-10-15(11-26-27-16-8-6-13(7-9-16)22(28)29)19(23)20(24)21(18)31-12-14-4-2-3-5-17(14)25/h2-11,27H,12H2,1H3,(H,28,29)/b26-11+. The topological polar surface area (TPSA) is 80.2 Å². The average Bonchev–Trinajstić information content (AvgIpc) is 2.77. The highest BCUT2D eigenvalue weighted by atomic mass is 79.9. The van der Waals surface area contributed by atoms with Crippen molar-refractivity contribution in [3.63, 3.8) is 0 Å². The summed E-state index contributed by atoms with van der Waals surface area (Å²) < 4.78 is 12.9. The largest absolute Gasteiger partial charge is 0.493 e. The van der Waals surface area contributed by atoms with E-state index in [9.17, 15) is 4.79 Å². The molecule has 2 N–H and O–H groups in total. The molecule has 0 radical (unpaired) electrons. The third-order valence-corrected chi connectivity index (χ3v) is 6.75. The summed E-state index contributed by atoms with van der Waals surface area (Å²) >= 11 is 13.3. The Kier molecular flexibility index (Phi) is 7.95. The molecule has 0 saturated heterocycles. The number of nitrogens with one attached hydrogen (secondary N) is 1. The normalized spacial score (nSPS) is 10.8. The Hall–Kier alpha value is -2.55. The third-order valence-electron chi connectivity index (χ3n) is 4.23. The van der Waals surface area contributed by atoms with Gasteiger partial charge in [0.2, 0.25) is 0 Å². The van der Waals surface area contributed by atoms with E-state index in [0.717, 1.165) is 15.6 Å². The summed E-state index contributed by atoms with van der Waals surface area (Å²) in [5.41, 5.74) is 5.33. The highest BCUT2D eigenvalue weighted by Crippen LogP contribution is 2.42. The number of hydrazone groups is 1. The molecule has 0 atom stereocenters. The number of rotatable bonds is 8. The van der Waals surface area contributed by atoms with E-state index >= 15 is 0 Å². The van der Waals surface area contributed by atoms with Crippen LogP contribution in [0, 0.1) is 0 Å². The SMILES string of the molecule is COc1cc(/C=N/Nc2ccc(C(=O)O)cc2)c(Br)c(Br)c1OCc1ccccc1Cl. The maximum atomic E-state index is 10.9. The molecule has 0 aliphatic carbocycles. The van der Waals surface area contributed by atoms with Gasteiger partial charge in [-0.3, -0.25) is 5.43 Å². The minimum absolute atomic E-state index is 0.207. The van der Waals surface area contributed by atoms with Crippen LogP contribution >= 0.6 is 43.5 Å². The number of carboxylic acids is 1. The van der Waals surface area contributed by atoms with E-state index in [1.807, 2.05) is 24.3 Å². The molecule has 0 unspecified atom stereocenters. The van der Waals surface area contributed by atoms with Gasteiger partial charge in [0.05, 0.1) is 29.0 Å². The summed E-state index contributed by atoms with van der Waals surface area (Å²) in [6.07, 6.45) is 1.61. The second kappa shape index (κ2) is 10.7. The van der Waals surface area contributed by atoms with Crippen LogP contribution in [0.15, 0.2) is 68.6 Å². The van der Waals surface area contributed by atoms with Crippen molar-refractivity contribution in [3.05, 3.63) is 85.3 Å². The Labute approximate surface area is 201 Å². The van der Waals surface area contributed by atoms with E-state index in [0.29, 0.717) is 26.7 Å². The molecule has 0 spiro atoms. The van der Waals surface area contributed by atoms with E-state index < -0.39 is 5.97 Å². The molecule has 0 aliphatic rings. The predicted octanol–water partition coefficient (Wildman–Crippen LogP) is 6.60. The lowest BCUT2D eigenvalue weighted by molar-refractivity contribution is 0.0697. The maximum Gasteiger partial charge on any atom is 0.335 e. The fourth-order valence-corrected chi connectivity index (χ4v) is 3.74. The van der Waals surface area contributed by atoms with E-state index in [4.69, 9.17) is 26.2 Å². The monoisotopic (exact) mass is 566 g/mol. The lowest BCUT2D eigenvalue weighted by Crippen LogP contribution is -2.01. The first-order valence-corrected chi connectivity index (χ1v) is 10.9. The van der Waals surface area contributed by atoms with E-state index in [1.54, 1.807) is 31.5 Å². The van der Waals surface area contributed by atoms with Crippen LogP contribution in [0.1, 0.15) is 21.5 Å². The van der Waals surface area contributed by atoms with Gasteiger partial charge in [-0.2, -0.15) is 5.10 Å². The van der Waals surface area contributed by atoms with E-state index in [-0.39, 0.29) is 12.2 Å². The number of hydrogen-bond acceptors (Lipinski definition) is 5. The van der Waals surface area contributed by atoms with Gasteiger partial charge >= 0.3 is 5.97 Å². The van der Waals surface area contributed by atoms with Crippen LogP contribution in [0.2, 0.25) is 5.02 Å². The second-order valence-electron chi connectivity index (χ2n) is 6.26. The zero-order valence-corrected chi connectivity index (χ0v) is 20.2. The molecule has 0 fully saturated rings. The number of anilines is 1. The van der Waals surface area contributed by atoms with Crippen LogP contribution in [-0.2, 0) is 6.61 Å². The van der Waals surface area contributed by atoms with Crippen molar-refractivity contribution in [1.29, 1.82) is 0 Å². The summed E-state index contributed by atoms with van der Waals surface area (Å²) in [6.45, 7) is 0.280. The maximum absolute atomic E-state index is 10.9. The van der Waals surface area contributed by atoms with Crippen molar-refractivity contribution in [2.45, 2.75) is 6.61 Å². The van der Waals surface area contributed by atoms with Crippen molar-refractivity contribution in [2.24, 2.45) is 5.10 Å². The Bertz CT molecular complexity index is 1120. The van der Waals surface area contributed by atoms with Gasteiger partial charge in [0, 0.05) is 20.6 Å². The summed E-state index contributed by atoms with van der Waals surface area (Å²) in [4.78, 5) is 10.9. The molecule has 160 valence electrons. The van der Waals surface area contributed by atoms with Crippen molar-refractivity contribution in [1.82, 2.24) is 0 Å². The zero-order valence-electron chi connectivity index (χ0n) is 16.2. The summed E-state index contributed by atoms with van der Waals surface area (Å²) in [7, 11) is 1.56. The fraction of sp³-hybridized carbons (Fsp3) is 0.0909. The smallest absolute Gasteiger partial charge is 0.335 e. The third kappa shape index (κ3) is 5.78. The Morgan fingerprint density at radius 1 is 1.16 bits per heavy atom. The zero-order chi connectivity index (χ0) is 22.4. The predicted molar refractivity (Wildman–Crippen MR) is 129 cm³/mol. The van der Waals surface area contributed by atoms with Gasteiger partial charge in [-0.05, 0) is 68.3 Å². The molecule has 31 heavy (non-hydrogen) atoms. The summed E-state index contributed by atoms with van der Waals surface area (Å²) in [5, 5.41) is 13.8. The lowest BCUT2D eigenvalue weighted by Gasteiger charge is -2.15. The number of benzene rings is 3. The van der Waals surface area contributed by atoms with Crippen LogP contribution in [0.5, 0.6) is 11.5 Å². The number of methoxy groups -OCH3 is 1. The summed E-state index contributed by atoms with van der Waals surface area (Å²) in [5.74, 6) is 0.0748. The number of aromatic carboxylic acids is 1. The molecule has 0 heterocycles. The Morgan fingerprint density at radius 3 is 2.52 bits per heavy atom. The number of carbonyl (C=O) groups is 1. The van der Waals surface area contributed by atoms with Gasteiger partial charge in [-0.15, -0.1) is 0 Å². The first kappa shape index (κ1) is 23.1. The van der Waals surface area contributed by atoms with Gasteiger partial charge in [-0.25, -0.2) is 4.79 Å². The molecule has 3 aromatic rings. The van der Waals surface area contributed by atoms with Crippen LogP contribution in [0.25, 0.3) is 0 Å².